The number of nitriles is 1. The molecule has 1 unspecified atom stereocenters. The van der Waals surface area contributed by atoms with Gasteiger partial charge in [0.1, 0.15) is 48.5 Å². The number of carbonyl (C=O) groups is 1. The smallest absolute Gasteiger partial charge is 0.402 e. The Kier molecular flexibility index (Phi) is 18.2. The van der Waals surface area contributed by atoms with Crippen LogP contribution in [0.4, 0.5) is 32.2 Å². The van der Waals surface area contributed by atoms with E-state index < -0.39 is 76.2 Å². The predicted molar refractivity (Wildman–Crippen MR) is 243 cm³/mol. The number of hydrogen-bond acceptors (Lipinski definition) is 14. The molecule has 6 rings (SSSR count). The summed E-state index contributed by atoms with van der Waals surface area (Å²) in [7, 11) is 0.933. The lowest BCUT2D eigenvalue weighted by atomic mass is 9.80. The van der Waals surface area contributed by atoms with Crippen LogP contribution in [0.25, 0.3) is 11.2 Å². The molecular formula is C47H54F6N7O9P. The van der Waals surface area contributed by atoms with E-state index >= 15 is 0 Å². The summed E-state index contributed by atoms with van der Waals surface area (Å²) < 4.78 is 135. The molecule has 1 fully saturated rings. The molecule has 23 heteroatoms. The number of alkyl halides is 6. The highest BCUT2D eigenvalue weighted by Crippen LogP contribution is 2.52. The summed E-state index contributed by atoms with van der Waals surface area (Å²) in [6.45, 7) is 5.58. The van der Waals surface area contributed by atoms with Crippen molar-refractivity contribution in [1.82, 2.24) is 24.2 Å². The number of benzene rings is 3. The molecule has 3 heterocycles. The Balaban J connectivity index is 1.53. The fraction of sp³-hybridized carbons (Fsp3) is 0.468. The van der Waals surface area contributed by atoms with Gasteiger partial charge in [0.15, 0.2) is 29.1 Å². The molecule has 16 nitrogen and oxygen atoms in total. The van der Waals surface area contributed by atoms with Crippen LogP contribution in [0.1, 0.15) is 64.0 Å². The Morgan fingerprint density at radius 2 is 1.44 bits per heavy atom. The molecule has 0 spiro atoms. The maximum absolute atomic E-state index is 13.7. The molecule has 0 aliphatic carbocycles. The van der Waals surface area contributed by atoms with E-state index in [-0.39, 0.29) is 48.7 Å². The number of aromatic nitrogens is 4. The second-order valence-corrected chi connectivity index (χ2v) is 17.9. The zero-order chi connectivity index (χ0) is 50.8. The molecule has 3 aromatic carbocycles. The number of rotatable bonds is 23. The quantitative estimate of drug-likeness (QED) is 0.0215. The van der Waals surface area contributed by atoms with Crippen LogP contribution in [0.15, 0.2) is 91.5 Å². The molecule has 1 aliphatic heterocycles. The Labute approximate surface area is 402 Å². The molecule has 1 N–H and O–H groups in total. The van der Waals surface area contributed by atoms with Gasteiger partial charge < -0.3 is 42.8 Å². The van der Waals surface area contributed by atoms with E-state index in [9.17, 15) is 36.4 Å². The average Bonchev–Trinajstić information content (AvgIpc) is 3.90. The van der Waals surface area contributed by atoms with Gasteiger partial charge in [-0.2, -0.15) is 31.6 Å². The first-order valence-corrected chi connectivity index (χ1v) is 23.1. The van der Waals surface area contributed by atoms with Crippen LogP contribution in [0.5, 0.6) is 11.5 Å². The largest absolute Gasteiger partial charge is 0.497 e. The molecule has 0 saturated carbocycles. The number of methoxy groups -OCH3 is 2. The zero-order valence-electron chi connectivity index (χ0n) is 39.3. The van der Waals surface area contributed by atoms with Crippen molar-refractivity contribution >= 4 is 31.4 Å². The number of fused-ring (bicyclic) bond motifs is 1. The molecule has 5 atom stereocenters. The third-order valence-electron chi connectivity index (χ3n) is 11.1. The Bertz CT molecular complexity index is 2430. The lowest BCUT2D eigenvalue weighted by molar-refractivity contribution is -0.299. The molecule has 70 heavy (non-hydrogen) atoms. The van der Waals surface area contributed by atoms with Crippen LogP contribution in [-0.2, 0) is 38.4 Å². The molecule has 1 amide bonds. The summed E-state index contributed by atoms with van der Waals surface area (Å²) in [6.07, 6.45) is -14.3. The number of nitrogens with one attached hydrogen (secondary N) is 1. The van der Waals surface area contributed by atoms with Gasteiger partial charge in [-0.05, 0) is 68.7 Å². The van der Waals surface area contributed by atoms with Crippen molar-refractivity contribution in [3.63, 3.8) is 0 Å². The first-order chi connectivity index (χ1) is 33.3. The number of imidazole rings is 1. The number of hydrogen-bond donors (Lipinski definition) is 1. The summed E-state index contributed by atoms with van der Waals surface area (Å²) in [5, 5.41) is 12.1. The van der Waals surface area contributed by atoms with Gasteiger partial charge in [-0.25, -0.2) is 19.6 Å². The van der Waals surface area contributed by atoms with Crippen molar-refractivity contribution in [1.29, 1.82) is 5.26 Å². The van der Waals surface area contributed by atoms with Gasteiger partial charge in [0.25, 0.3) is 8.53 Å². The Morgan fingerprint density at radius 3 is 1.97 bits per heavy atom. The SMILES string of the molecule is COc1ccc(C(OC[C@H]2O[C@@H](n3cnc4c(NC(C)=O)ncnc43)[C@@H](OCOCC(C(F)(F)F)C(F)(F)F)[C@H]2OP(OCCC#N)N(C(C)C)C(C)C)(c2ccccc2)c2ccc(OC)cc2)cc1. The molecule has 0 radical (unpaired) electrons. The average molecular weight is 1010 g/mol. The van der Waals surface area contributed by atoms with Gasteiger partial charge in [0.05, 0.1) is 52.9 Å². The Morgan fingerprint density at radius 1 is 0.857 bits per heavy atom. The fourth-order valence-corrected chi connectivity index (χ4v) is 9.78. The highest BCUT2D eigenvalue weighted by molar-refractivity contribution is 7.44. The van der Waals surface area contributed by atoms with Crippen LogP contribution >= 0.6 is 8.53 Å². The van der Waals surface area contributed by atoms with Crippen molar-refractivity contribution in [3.05, 3.63) is 108 Å². The molecule has 0 bridgehead atoms. The van der Waals surface area contributed by atoms with Gasteiger partial charge in [-0.1, -0.05) is 54.6 Å². The van der Waals surface area contributed by atoms with Crippen LogP contribution in [0.3, 0.4) is 0 Å². The first kappa shape index (κ1) is 53.8. The van der Waals surface area contributed by atoms with E-state index in [1.807, 2.05) is 87.0 Å². The van der Waals surface area contributed by atoms with Crippen LogP contribution in [0.2, 0.25) is 0 Å². The maximum atomic E-state index is 13.7. The van der Waals surface area contributed by atoms with E-state index in [1.165, 1.54) is 32.0 Å². The van der Waals surface area contributed by atoms with Crippen molar-refractivity contribution in [3.8, 4) is 17.6 Å². The fourth-order valence-electron chi connectivity index (χ4n) is 8.01. The normalized spacial score (nSPS) is 18.2. The van der Waals surface area contributed by atoms with Crippen molar-refractivity contribution in [2.75, 3.05) is 46.1 Å². The lowest BCUT2D eigenvalue weighted by Gasteiger charge is -2.39. The number of carbonyl (C=O) groups excluding carboxylic acids is 1. The minimum atomic E-state index is -5.68. The second-order valence-electron chi connectivity index (χ2n) is 16.5. The number of halogens is 6. The summed E-state index contributed by atoms with van der Waals surface area (Å²) in [5.74, 6) is -3.11. The first-order valence-electron chi connectivity index (χ1n) is 22.0. The van der Waals surface area contributed by atoms with Gasteiger partial charge in [0, 0.05) is 19.0 Å². The van der Waals surface area contributed by atoms with Gasteiger partial charge in [-0.15, -0.1) is 0 Å². The molecular weight excluding hydrogens is 952 g/mol. The molecule has 1 aliphatic rings. The number of ether oxygens (including phenoxy) is 6. The summed E-state index contributed by atoms with van der Waals surface area (Å²) in [6, 6.07) is 25.4. The van der Waals surface area contributed by atoms with Gasteiger partial charge in [-0.3, -0.25) is 9.36 Å². The molecule has 5 aromatic rings. The van der Waals surface area contributed by atoms with Crippen LogP contribution in [-0.4, -0.2) is 114 Å². The van der Waals surface area contributed by atoms with E-state index in [0.717, 1.165) is 6.33 Å². The van der Waals surface area contributed by atoms with E-state index in [2.05, 4.69) is 26.3 Å². The van der Waals surface area contributed by atoms with Crippen LogP contribution < -0.4 is 14.8 Å². The third kappa shape index (κ3) is 12.5. The molecule has 1 saturated heterocycles. The zero-order valence-corrected chi connectivity index (χ0v) is 40.2. The lowest BCUT2D eigenvalue weighted by Crippen LogP contribution is -2.43. The predicted octanol–water partition coefficient (Wildman–Crippen LogP) is 9.47. The van der Waals surface area contributed by atoms with E-state index in [4.69, 9.17) is 37.5 Å². The van der Waals surface area contributed by atoms with E-state index in [1.54, 1.807) is 24.3 Å². The maximum Gasteiger partial charge on any atom is 0.402 e. The van der Waals surface area contributed by atoms with Gasteiger partial charge in [0.2, 0.25) is 5.91 Å². The van der Waals surface area contributed by atoms with E-state index in [0.29, 0.717) is 28.2 Å². The minimum absolute atomic E-state index is 0.0173. The summed E-state index contributed by atoms with van der Waals surface area (Å²) in [5.41, 5.74) is 0.768. The monoisotopic (exact) mass is 1010 g/mol. The highest BCUT2D eigenvalue weighted by Gasteiger charge is 2.57. The van der Waals surface area contributed by atoms with Crippen molar-refractivity contribution < 1.29 is 68.6 Å². The molecule has 378 valence electrons. The van der Waals surface area contributed by atoms with Crippen LogP contribution in [0, 0.1) is 17.2 Å². The topological polar surface area (TPSA) is 174 Å². The number of anilines is 1. The third-order valence-corrected chi connectivity index (χ3v) is 13.3. The number of nitrogens with zero attached hydrogens (tertiary/aromatic N) is 6. The Hall–Kier alpha value is -5.50. The number of amides is 1. The summed E-state index contributed by atoms with van der Waals surface area (Å²) in [4.78, 5) is 25.2. The van der Waals surface area contributed by atoms with Crippen molar-refractivity contribution in [2.45, 2.75) is 95.6 Å². The summed E-state index contributed by atoms with van der Waals surface area (Å²) >= 11 is 0. The standard InChI is InChI=1S/C47H54F6N7O9P/c1-29(2)60(30(3)4)70(67-23-11-22-54)69-40-37(24-66-45(32-12-9-8-10-13-32,33-14-18-35(62-6)19-15-33)34-16-20-36(63-7)21-17-34)68-44(41(40)65-28-64-25-38(46(48,49)50)47(51,52)53)59-27-57-39-42(58-31(5)61)55-26-56-43(39)59/h8-10,12-21,26-27,29-30,37-38,40-41,44H,11,23-25,28H2,1-7H3,(H,55,56,58,61)/t37-,40+,41+,44-,70?/m1/s1. The highest BCUT2D eigenvalue weighted by atomic mass is 31.2. The second kappa shape index (κ2) is 23.6. The minimum Gasteiger partial charge on any atom is -0.497 e. The molecule has 2 aromatic heterocycles. The van der Waals surface area contributed by atoms with Gasteiger partial charge >= 0.3 is 12.4 Å². The van der Waals surface area contributed by atoms with Crippen molar-refractivity contribution in [2.24, 2.45) is 5.92 Å².